The monoisotopic (exact) mass is 295 g/mol. The van der Waals surface area contributed by atoms with Crippen LogP contribution in [0, 0.1) is 12.3 Å². The second kappa shape index (κ2) is 4.50. The predicted molar refractivity (Wildman–Crippen MR) is 82.4 cm³/mol. The molecule has 0 bridgehead atoms. The summed E-state index contributed by atoms with van der Waals surface area (Å²) in [7, 11) is 0. The number of hydrogen-bond donors (Lipinski definition) is 0. The molecule has 4 heterocycles. The van der Waals surface area contributed by atoms with E-state index in [9.17, 15) is 0 Å². The normalized spacial score (nSPS) is 20.1. The van der Waals surface area contributed by atoms with Gasteiger partial charge in [0.2, 0.25) is 0 Å². The van der Waals surface area contributed by atoms with Crippen molar-refractivity contribution >= 4 is 16.9 Å². The Bertz CT molecular complexity index is 827. The largest absolute Gasteiger partial charge is 0.347 e. The van der Waals surface area contributed by atoms with Crippen LogP contribution in [-0.4, -0.2) is 26.7 Å². The Kier molecular flexibility index (Phi) is 2.69. The lowest BCUT2D eigenvalue weighted by molar-refractivity contribution is 0.179. The van der Waals surface area contributed by atoms with Gasteiger partial charge in [0, 0.05) is 24.4 Å². The Morgan fingerprint density at radius 2 is 2.18 bits per heavy atom. The standard InChI is InChI=1S/C16H17N5O/c1-10-12-14(18-9-19-15(12)22-20-10)21-8-16(2,3)13(21)11-5-4-6-17-7-11/h4-7,9,13H,8H2,1-3H3. The minimum Gasteiger partial charge on any atom is -0.347 e. The number of fused-ring (bicyclic) bond motifs is 1. The van der Waals surface area contributed by atoms with Gasteiger partial charge in [-0.05, 0) is 18.6 Å². The molecule has 0 radical (unpaired) electrons. The van der Waals surface area contributed by atoms with E-state index in [4.69, 9.17) is 4.52 Å². The second-order valence-corrected chi connectivity index (χ2v) is 6.45. The van der Waals surface area contributed by atoms with Gasteiger partial charge < -0.3 is 9.42 Å². The third-order valence-electron chi connectivity index (χ3n) is 4.33. The first-order valence-corrected chi connectivity index (χ1v) is 7.31. The fraction of sp³-hybridized carbons (Fsp3) is 0.375. The Labute approximate surface area is 128 Å². The van der Waals surface area contributed by atoms with Crippen LogP contribution in [0.1, 0.15) is 31.1 Å². The lowest BCUT2D eigenvalue weighted by Gasteiger charge is -2.55. The van der Waals surface area contributed by atoms with Gasteiger partial charge in [0.15, 0.2) is 0 Å². The zero-order chi connectivity index (χ0) is 15.3. The third-order valence-corrected chi connectivity index (χ3v) is 4.33. The van der Waals surface area contributed by atoms with Crippen LogP contribution in [0.2, 0.25) is 0 Å². The minimum atomic E-state index is 0.158. The van der Waals surface area contributed by atoms with Crippen molar-refractivity contribution in [2.45, 2.75) is 26.8 Å². The highest BCUT2D eigenvalue weighted by atomic mass is 16.5. The van der Waals surface area contributed by atoms with E-state index < -0.39 is 0 Å². The molecule has 1 aliphatic heterocycles. The molecular formula is C16H17N5O. The number of aryl methyl sites for hydroxylation is 1. The van der Waals surface area contributed by atoms with E-state index in [1.807, 2.05) is 19.2 Å². The molecule has 1 aliphatic rings. The summed E-state index contributed by atoms with van der Waals surface area (Å²) in [6.45, 7) is 7.37. The van der Waals surface area contributed by atoms with Gasteiger partial charge in [0.1, 0.15) is 17.5 Å². The van der Waals surface area contributed by atoms with Gasteiger partial charge in [-0.15, -0.1) is 0 Å². The van der Waals surface area contributed by atoms with Crippen LogP contribution in [0.25, 0.3) is 11.1 Å². The molecule has 112 valence electrons. The first kappa shape index (κ1) is 13.2. The molecule has 22 heavy (non-hydrogen) atoms. The summed E-state index contributed by atoms with van der Waals surface area (Å²) >= 11 is 0. The van der Waals surface area contributed by atoms with Crippen molar-refractivity contribution < 1.29 is 4.52 Å². The van der Waals surface area contributed by atoms with Gasteiger partial charge in [-0.25, -0.2) is 4.98 Å². The van der Waals surface area contributed by atoms with E-state index in [1.54, 1.807) is 6.20 Å². The molecule has 0 N–H and O–H groups in total. The van der Waals surface area contributed by atoms with Crippen LogP contribution in [0.4, 0.5) is 5.82 Å². The molecular weight excluding hydrogens is 278 g/mol. The molecule has 0 amide bonds. The summed E-state index contributed by atoms with van der Waals surface area (Å²) in [6.07, 6.45) is 5.26. The van der Waals surface area contributed by atoms with Crippen molar-refractivity contribution in [1.82, 2.24) is 20.1 Å². The smallest absolute Gasteiger partial charge is 0.263 e. The highest BCUT2D eigenvalue weighted by molar-refractivity contribution is 5.88. The van der Waals surface area contributed by atoms with Crippen molar-refractivity contribution in [3.63, 3.8) is 0 Å². The lowest BCUT2D eigenvalue weighted by atomic mass is 9.72. The summed E-state index contributed by atoms with van der Waals surface area (Å²) in [5.74, 6) is 0.886. The quantitative estimate of drug-likeness (QED) is 0.724. The SMILES string of the molecule is Cc1noc2ncnc(N3CC(C)(C)C3c3cccnc3)c12. The van der Waals surface area contributed by atoms with E-state index in [2.05, 4.69) is 44.9 Å². The van der Waals surface area contributed by atoms with E-state index >= 15 is 0 Å². The molecule has 1 atom stereocenters. The average molecular weight is 295 g/mol. The number of anilines is 1. The molecule has 3 aromatic rings. The van der Waals surface area contributed by atoms with Gasteiger partial charge in [0.25, 0.3) is 5.71 Å². The van der Waals surface area contributed by atoms with E-state index in [0.29, 0.717) is 5.71 Å². The third kappa shape index (κ3) is 1.80. The molecule has 0 aliphatic carbocycles. The Morgan fingerprint density at radius 3 is 2.91 bits per heavy atom. The van der Waals surface area contributed by atoms with Gasteiger partial charge in [-0.3, -0.25) is 4.98 Å². The topological polar surface area (TPSA) is 67.9 Å². The van der Waals surface area contributed by atoms with E-state index in [0.717, 1.165) is 23.4 Å². The molecule has 6 nitrogen and oxygen atoms in total. The second-order valence-electron chi connectivity index (χ2n) is 6.45. The summed E-state index contributed by atoms with van der Waals surface area (Å²) in [5, 5.41) is 4.91. The Balaban J connectivity index is 1.83. The molecule has 1 fully saturated rings. The van der Waals surface area contributed by atoms with Crippen LogP contribution in [0.15, 0.2) is 35.4 Å². The predicted octanol–water partition coefficient (Wildman–Crippen LogP) is 2.91. The highest BCUT2D eigenvalue weighted by Gasteiger charge is 2.48. The molecule has 0 aromatic carbocycles. The number of hydrogen-bond acceptors (Lipinski definition) is 6. The number of nitrogens with zero attached hydrogens (tertiary/aromatic N) is 5. The lowest BCUT2D eigenvalue weighted by Crippen LogP contribution is -2.56. The zero-order valence-corrected chi connectivity index (χ0v) is 12.8. The Hall–Kier alpha value is -2.50. The van der Waals surface area contributed by atoms with Crippen molar-refractivity contribution in [1.29, 1.82) is 0 Å². The van der Waals surface area contributed by atoms with Crippen LogP contribution >= 0.6 is 0 Å². The number of aromatic nitrogens is 4. The van der Waals surface area contributed by atoms with Crippen molar-refractivity contribution in [2.24, 2.45) is 5.41 Å². The summed E-state index contributed by atoms with van der Waals surface area (Å²) in [4.78, 5) is 15.2. The van der Waals surface area contributed by atoms with Gasteiger partial charge >= 0.3 is 0 Å². The molecule has 0 saturated carbocycles. The Morgan fingerprint density at radius 1 is 1.32 bits per heavy atom. The summed E-state index contributed by atoms with van der Waals surface area (Å²) in [5.41, 5.74) is 2.71. The van der Waals surface area contributed by atoms with Gasteiger partial charge in [-0.1, -0.05) is 25.1 Å². The maximum absolute atomic E-state index is 5.26. The fourth-order valence-electron chi connectivity index (χ4n) is 3.41. The number of rotatable bonds is 2. The molecule has 1 saturated heterocycles. The maximum atomic E-state index is 5.26. The van der Waals surface area contributed by atoms with E-state index in [1.165, 1.54) is 11.9 Å². The average Bonchev–Trinajstić information content (AvgIpc) is 2.88. The van der Waals surface area contributed by atoms with Crippen molar-refractivity contribution in [3.05, 3.63) is 42.1 Å². The van der Waals surface area contributed by atoms with E-state index in [-0.39, 0.29) is 11.5 Å². The van der Waals surface area contributed by atoms with Crippen LogP contribution in [-0.2, 0) is 0 Å². The summed E-state index contributed by atoms with van der Waals surface area (Å²) in [6, 6.07) is 4.32. The maximum Gasteiger partial charge on any atom is 0.263 e. The zero-order valence-electron chi connectivity index (χ0n) is 12.8. The molecule has 0 spiro atoms. The van der Waals surface area contributed by atoms with Crippen LogP contribution in [0.5, 0.6) is 0 Å². The van der Waals surface area contributed by atoms with Crippen LogP contribution in [0.3, 0.4) is 0 Å². The van der Waals surface area contributed by atoms with Crippen molar-refractivity contribution in [3.8, 4) is 0 Å². The van der Waals surface area contributed by atoms with Gasteiger partial charge in [0.05, 0.1) is 11.7 Å². The highest BCUT2D eigenvalue weighted by Crippen LogP contribution is 2.51. The van der Waals surface area contributed by atoms with Gasteiger partial charge in [-0.2, -0.15) is 4.98 Å². The molecule has 6 heteroatoms. The minimum absolute atomic E-state index is 0.158. The van der Waals surface area contributed by atoms with Crippen LogP contribution < -0.4 is 4.90 Å². The summed E-state index contributed by atoms with van der Waals surface area (Å²) < 4.78 is 5.26. The molecule has 4 rings (SSSR count). The van der Waals surface area contributed by atoms with Crippen molar-refractivity contribution in [2.75, 3.05) is 11.4 Å². The fourth-order valence-corrected chi connectivity index (χ4v) is 3.41. The first-order valence-electron chi connectivity index (χ1n) is 7.31. The molecule has 1 unspecified atom stereocenters. The first-order chi connectivity index (χ1) is 10.6. The number of pyridine rings is 1. The molecule has 3 aromatic heterocycles.